The Kier molecular flexibility index (Phi) is 8.56. The first-order valence-electron chi connectivity index (χ1n) is 9.81. The molecular formula is C22H28F3N3O3. The number of nitrogens with one attached hydrogen (secondary N) is 2. The molecule has 2 unspecified atom stereocenters. The van der Waals surface area contributed by atoms with Crippen molar-refractivity contribution in [3.63, 3.8) is 0 Å². The summed E-state index contributed by atoms with van der Waals surface area (Å²) in [5, 5.41) is 16.7. The van der Waals surface area contributed by atoms with E-state index in [0.29, 0.717) is 35.1 Å². The summed E-state index contributed by atoms with van der Waals surface area (Å²) in [5.74, 6) is 1.46. The van der Waals surface area contributed by atoms with Crippen LogP contribution in [-0.4, -0.2) is 38.4 Å². The normalized spacial score (nSPS) is 14.0. The number of benzene rings is 2. The van der Waals surface area contributed by atoms with Gasteiger partial charge in [-0.3, -0.25) is 4.99 Å². The standard InChI is InChI=1S/C22H28F3N3O3/c1-5-26-21(28-14(2)15-7-6-8-17(9-15)22(23,24)25)27-13-20(29)16-10-18(30-3)12-19(11-16)31-4/h6-12,14,20,29H,5,13H2,1-4H3,(H2,26,27,28). The summed E-state index contributed by atoms with van der Waals surface area (Å²) in [7, 11) is 3.04. The summed E-state index contributed by atoms with van der Waals surface area (Å²) < 4.78 is 49.4. The summed E-state index contributed by atoms with van der Waals surface area (Å²) in [4.78, 5) is 4.38. The van der Waals surface area contributed by atoms with Crippen LogP contribution in [0, 0.1) is 0 Å². The molecule has 2 atom stereocenters. The molecule has 0 aliphatic rings. The highest BCUT2D eigenvalue weighted by Crippen LogP contribution is 2.31. The Labute approximate surface area is 180 Å². The topological polar surface area (TPSA) is 75.1 Å². The predicted molar refractivity (Wildman–Crippen MR) is 113 cm³/mol. The Morgan fingerprint density at radius 1 is 1.06 bits per heavy atom. The van der Waals surface area contributed by atoms with Crippen LogP contribution in [0.1, 0.15) is 42.7 Å². The second kappa shape index (κ2) is 10.9. The number of hydrogen-bond donors (Lipinski definition) is 3. The Bertz CT molecular complexity index is 866. The maximum absolute atomic E-state index is 13.0. The van der Waals surface area contributed by atoms with Gasteiger partial charge in [0.05, 0.1) is 38.5 Å². The largest absolute Gasteiger partial charge is 0.497 e. The van der Waals surface area contributed by atoms with Gasteiger partial charge in [0.2, 0.25) is 0 Å². The Balaban J connectivity index is 2.15. The molecule has 0 aromatic heterocycles. The molecule has 2 rings (SSSR count). The summed E-state index contributed by atoms with van der Waals surface area (Å²) in [5.41, 5.74) is 0.336. The molecule has 3 N–H and O–H groups in total. The van der Waals surface area contributed by atoms with Crippen LogP contribution >= 0.6 is 0 Å². The highest BCUT2D eigenvalue weighted by atomic mass is 19.4. The third-order valence-electron chi connectivity index (χ3n) is 4.59. The Hall–Kier alpha value is -2.94. The van der Waals surface area contributed by atoms with Gasteiger partial charge in [-0.1, -0.05) is 12.1 Å². The van der Waals surface area contributed by atoms with Crippen LogP contribution in [0.25, 0.3) is 0 Å². The molecule has 0 radical (unpaired) electrons. The van der Waals surface area contributed by atoms with Crippen molar-refractivity contribution in [1.82, 2.24) is 10.6 Å². The molecule has 0 saturated heterocycles. The molecule has 0 bridgehead atoms. The zero-order valence-corrected chi connectivity index (χ0v) is 18.0. The lowest BCUT2D eigenvalue weighted by molar-refractivity contribution is -0.137. The minimum Gasteiger partial charge on any atom is -0.497 e. The van der Waals surface area contributed by atoms with Crippen molar-refractivity contribution in [3.05, 3.63) is 59.2 Å². The average Bonchev–Trinajstić information content (AvgIpc) is 2.76. The number of alkyl halides is 3. The molecule has 0 aliphatic carbocycles. The van der Waals surface area contributed by atoms with E-state index < -0.39 is 23.9 Å². The fourth-order valence-corrected chi connectivity index (χ4v) is 2.90. The third-order valence-corrected chi connectivity index (χ3v) is 4.59. The smallest absolute Gasteiger partial charge is 0.416 e. The quantitative estimate of drug-likeness (QED) is 0.427. The van der Waals surface area contributed by atoms with Gasteiger partial charge >= 0.3 is 6.18 Å². The molecule has 9 heteroatoms. The van der Waals surface area contributed by atoms with Gasteiger partial charge in [-0.05, 0) is 49.2 Å². The number of ether oxygens (including phenoxy) is 2. The average molecular weight is 439 g/mol. The number of aliphatic imine (C=N–C) groups is 1. The molecular weight excluding hydrogens is 411 g/mol. The van der Waals surface area contributed by atoms with Gasteiger partial charge < -0.3 is 25.2 Å². The van der Waals surface area contributed by atoms with Gasteiger partial charge in [0.15, 0.2) is 5.96 Å². The van der Waals surface area contributed by atoms with Crippen LogP contribution in [0.3, 0.4) is 0 Å². The first-order chi connectivity index (χ1) is 14.7. The monoisotopic (exact) mass is 439 g/mol. The molecule has 2 aromatic rings. The number of hydrogen-bond acceptors (Lipinski definition) is 4. The minimum absolute atomic E-state index is 0.0287. The van der Waals surface area contributed by atoms with Crippen molar-refractivity contribution in [2.75, 3.05) is 27.3 Å². The second-order valence-corrected chi connectivity index (χ2v) is 6.87. The molecule has 6 nitrogen and oxygen atoms in total. The van der Waals surface area contributed by atoms with Crippen molar-refractivity contribution < 1.29 is 27.8 Å². The number of aliphatic hydroxyl groups excluding tert-OH is 1. The first kappa shape index (κ1) is 24.3. The Morgan fingerprint density at radius 2 is 1.71 bits per heavy atom. The van der Waals surface area contributed by atoms with Gasteiger partial charge in [-0.2, -0.15) is 13.2 Å². The Morgan fingerprint density at radius 3 is 2.26 bits per heavy atom. The van der Waals surface area contributed by atoms with Crippen LogP contribution in [0.15, 0.2) is 47.5 Å². The van der Waals surface area contributed by atoms with E-state index in [1.165, 1.54) is 20.3 Å². The molecule has 31 heavy (non-hydrogen) atoms. The SMILES string of the molecule is CCNC(=NCC(O)c1cc(OC)cc(OC)c1)NC(C)c1cccc(C(F)(F)F)c1. The van der Waals surface area contributed by atoms with Crippen molar-refractivity contribution in [2.45, 2.75) is 32.2 Å². The third kappa shape index (κ3) is 7.06. The van der Waals surface area contributed by atoms with Crippen LogP contribution in [0.2, 0.25) is 0 Å². The summed E-state index contributed by atoms with van der Waals surface area (Å²) in [6, 6.07) is 9.78. The van der Waals surface area contributed by atoms with E-state index in [9.17, 15) is 18.3 Å². The summed E-state index contributed by atoms with van der Waals surface area (Å²) >= 11 is 0. The van der Waals surface area contributed by atoms with Gasteiger partial charge in [0, 0.05) is 12.6 Å². The maximum Gasteiger partial charge on any atom is 0.416 e. The van der Waals surface area contributed by atoms with Crippen molar-refractivity contribution in [2.24, 2.45) is 4.99 Å². The van der Waals surface area contributed by atoms with Crippen molar-refractivity contribution in [1.29, 1.82) is 0 Å². The highest BCUT2D eigenvalue weighted by molar-refractivity contribution is 5.80. The fourth-order valence-electron chi connectivity index (χ4n) is 2.90. The van der Waals surface area contributed by atoms with E-state index in [4.69, 9.17) is 9.47 Å². The first-order valence-corrected chi connectivity index (χ1v) is 9.81. The van der Waals surface area contributed by atoms with Crippen molar-refractivity contribution in [3.8, 4) is 11.5 Å². The van der Waals surface area contributed by atoms with Crippen LogP contribution in [0.5, 0.6) is 11.5 Å². The van der Waals surface area contributed by atoms with Crippen LogP contribution in [0.4, 0.5) is 13.2 Å². The number of halogens is 3. The van der Waals surface area contributed by atoms with Gasteiger partial charge in [0.25, 0.3) is 0 Å². The molecule has 170 valence electrons. The summed E-state index contributed by atoms with van der Waals surface area (Å²) in [6.45, 7) is 4.19. The number of methoxy groups -OCH3 is 2. The van der Waals surface area contributed by atoms with Crippen LogP contribution < -0.4 is 20.1 Å². The molecule has 0 spiro atoms. The zero-order chi connectivity index (χ0) is 23.0. The number of rotatable bonds is 8. The van der Waals surface area contributed by atoms with E-state index in [1.807, 2.05) is 6.92 Å². The van der Waals surface area contributed by atoms with Gasteiger partial charge in [-0.15, -0.1) is 0 Å². The van der Waals surface area contributed by atoms with Gasteiger partial charge in [0.1, 0.15) is 11.5 Å². The number of aliphatic hydroxyl groups is 1. The molecule has 0 fully saturated rings. The molecule has 2 aromatic carbocycles. The molecule has 0 amide bonds. The molecule has 0 saturated carbocycles. The maximum atomic E-state index is 13.0. The fraction of sp³-hybridized carbons (Fsp3) is 0.409. The van der Waals surface area contributed by atoms with Gasteiger partial charge in [-0.25, -0.2) is 0 Å². The minimum atomic E-state index is -4.41. The number of guanidine groups is 1. The van der Waals surface area contributed by atoms with Crippen molar-refractivity contribution >= 4 is 5.96 Å². The highest BCUT2D eigenvalue weighted by Gasteiger charge is 2.30. The van der Waals surface area contributed by atoms with E-state index in [1.54, 1.807) is 31.2 Å². The lowest BCUT2D eigenvalue weighted by Crippen LogP contribution is -2.39. The second-order valence-electron chi connectivity index (χ2n) is 6.87. The van der Waals surface area contributed by atoms with E-state index in [2.05, 4.69) is 15.6 Å². The predicted octanol–water partition coefficient (Wildman–Crippen LogP) is 4.07. The van der Waals surface area contributed by atoms with E-state index in [-0.39, 0.29) is 6.54 Å². The lowest BCUT2D eigenvalue weighted by Gasteiger charge is -2.20. The van der Waals surface area contributed by atoms with E-state index in [0.717, 1.165) is 12.1 Å². The zero-order valence-electron chi connectivity index (χ0n) is 18.0. The number of nitrogens with zero attached hydrogens (tertiary/aromatic N) is 1. The molecule has 0 aliphatic heterocycles. The summed E-state index contributed by atoms with van der Waals surface area (Å²) in [6.07, 6.45) is -5.33. The van der Waals surface area contributed by atoms with Crippen LogP contribution in [-0.2, 0) is 6.18 Å². The molecule has 0 heterocycles. The van der Waals surface area contributed by atoms with E-state index >= 15 is 0 Å². The lowest BCUT2D eigenvalue weighted by atomic mass is 10.1.